The molecule has 3 N–H and O–H groups in total. The Morgan fingerprint density at radius 3 is 2.71 bits per heavy atom. The molecule has 0 radical (unpaired) electrons. The van der Waals surface area contributed by atoms with Crippen molar-refractivity contribution in [2.45, 2.75) is 12.8 Å². The van der Waals surface area contributed by atoms with Crippen molar-refractivity contribution in [3.05, 3.63) is 54.1 Å². The lowest BCUT2D eigenvalue weighted by Crippen LogP contribution is -2.41. The summed E-state index contributed by atoms with van der Waals surface area (Å²) in [6.07, 6.45) is 1.52. The summed E-state index contributed by atoms with van der Waals surface area (Å²) in [5.41, 5.74) is 6.91. The van der Waals surface area contributed by atoms with Gasteiger partial charge in [-0.3, -0.25) is 9.59 Å². The molecule has 3 aromatic rings. The molecule has 1 aliphatic rings. The average molecular weight is 421 g/mol. The molecule has 9 heteroatoms. The van der Waals surface area contributed by atoms with Gasteiger partial charge in [-0.15, -0.1) is 0 Å². The van der Waals surface area contributed by atoms with Gasteiger partial charge in [0.25, 0.3) is 5.91 Å². The highest BCUT2D eigenvalue weighted by Gasteiger charge is 2.29. The summed E-state index contributed by atoms with van der Waals surface area (Å²) in [5.74, 6) is 0.173. The number of anilines is 2. The number of hydrogen-bond acceptors (Lipinski definition) is 7. The fourth-order valence-corrected chi connectivity index (χ4v) is 3.61. The van der Waals surface area contributed by atoms with E-state index >= 15 is 0 Å². The topological polar surface area (TPSA) is 124 Å². The second kappa shape index (κ2) is 8.86. The van der Waals surface area contributed by atoms with Crippen molar-refractivity contribution >= 4 is 23.5 Å². The van der Waals surface area contributed by atoms with Gasteiger partial charge in [-0.1, -0.05) is 17.3 Å². The van der Waals surface area contributed by atoms with Crippen LogP contribution in [0.4, 0.5) is 11.7 Å². The molecule has 1 saturated heterocycles. The number of methoxy groups -OCH3 is 1. The summed E-state index contributed by atoms with van der Waals surface area (Å²) in [4.78, 5) is 30.8. The van der Waals surface area contributed by atoms with Gasteiger partial charge in [0.15, 0.2) is 0 Å². The second-order valence-electron chi connectivity index (χ2n) is 7.31. The number of para-hydroxylation sites is 1. The third kappa shape index (κ3) is 4.50. The second-order valence-corrected chi connectivity index (χ2v) is 7.31. The normalized spacial score (nSPS) is 16.0. The van der Waals surface area contributed by atoms with Gasteiger partial charge in [-0.05, 0) is 49.2 Å². The molecule has 2 aromatic carbocycles. The monoisotopic (exact) mass is 421 g/mol. The molecule has 0 spiro atoms. The van der Waals surface area contributed by atoms with Crippen molar-refractivity contribution in [1.29, 1.82) is 0 Å². The lowest BCUT2D eigenvalue weighted by Gasteiger charge is -2.30. The number of primary amides is 1. The van der Waals surface area contributed by atoms with Crippen LogP contribution in [-0.2, 0) is 4.79 Å². The third-order valence-corrected chi connectivity index (χ3v) is 5.28. The number of aromatic nitrogens is 2. The predicted octanol–water partition coefficient (Wildman–Crippen LogP) is 2.70. The molecular formula is C22H23N5O4. The molecule has 9 nitrogen and oxygen atoms in total. The Bertz CT molecular complexity index is 1080. The Labute approximate surface area is 179 Å². The summed E-state index contributed by atoms with van der Waals surface area (Å²) in [7, 11) is 1.61. The maximum atomic E-state index is 12.8. The average Bonchev–Trinajstić information content (AvgIpc) is 3.30. The minimum Gasteiger partial charge on any atom is -0.497 e. The number of rotatable bonds is 6. The van der Waals surface area contributed by atoms with Gasteiger partial charge in [0.05, 0.1) is 24.3 Å². The molecule has 1 aromatic heterocycles. The number of ether oxygens (including phenoxy) is 1. The number of piperidine rings is 1. The van der Waals surface area contributed by atoms with Crippen LogP contribution in [0.5, 0.6) is 5.75 Å². The zero-order chi connectivity index (χ0) is 21.8. The zero-order valence-corrected chi connectivity index (χ0v) is 17.1. The van der Waals surface area contributed by atoms with Crippen LogP contribution in [-0.4, -0.2) is 42.2 Å². The molecular weight excluding hydrogens is 398 g/mol. The van der Waals surface area contributed by atoms with E-state index in [9.17, 15) is 9.59 Å². The number of nitrogens with zero attached hydrogens (tertiary/aromatic N) is 3. The maximum absolute atomic E-state index is 12.8. The van der Waals surface area contributed by atoms with Crippen LogP contribution < -0.4 is 20.7 Å². The molecule has 1 unspecified atom stereocenters. The van der Waals surface area contributed by atoms with Crippen LogP contribution in [0.15, 0.2) is 53.1 Å². The molecule has 4 rings (SSSR count). The summed E-state index contributed by atoms with van der Waals surface area (Å²) >= 11 is 0. The highest BCUT2D eigenvalue weighted by atomic mass is 16.5. The molecule has 1 aliphatic heterocycles. The highest BCUT2D eigenvalue weighted by Crippen LogP contribution is 2.26. The Hall–Kier alpha value is -3.88. The van der Waals surface area contributed by atoms with E-state index < -0.39 is 5.91 Å². The van der Waals surface area contributed by atoms with Crippen LogP contribution in [0.1, 0.15) is 23.2 Å². The van der Waals surface area contributed by atoms with Crippen LogP contribution in [0.3, 0.4) is 0 Å². The molecule has 2 heterocycles. The highest BCUT2D eigenvalue weighted by molar-refractivity contribution is 6.03. The summed E-state index contributed by atoms with van der Waals surface area (Å²) in [6.45, 7) is 1.15. The van der Waals surface area contributed by atoms with E-state index in [0.717, 1.165) is 24.2 Å². The van der Waals surface area contributed by atoms with Gasteiger partial charge in [-0.2, -0.15) is 4.98 Å². The number of hydrogen-bond donors (Lipinski definition) is 2. The Balaban J connectivity index is 1.44. The molecule has 0 aliphatic carbocycles. The number of amides is 2. The lowest BCUT2D eigenvalue weighted by atomic mass is 9.97. The number of carbonyl (C=O) groups excluding carboxylic acids is 2. The van der Waals surface area contributed by atoms with Gasteiger partial charge >= 0.3 is 6.01 Å². The van der Waals surface area contributed by atoms with Crippen molar-refractivity contribution in [2.24, 2.45) is 11.7 Å². The molecule has 0 bridgehead atoms. The fourth-order valence-electron chi connectivity index (χ4n) is 3.61. The number of nitrogens with two attached hydrogens (primary N) is 1. The van der Waals surface area contributed by atoms with E-state index in [0.29, 0.717) is 30.6 Å². The van der Waals surface area contributed by atoms with Gasteiger partial charge in [-0.25, -0.2) is 0 Å². The van der Waals surface area contributed by atoms with E-state index in [4.69, 9.17) is 15.0 Å². The van der Waals surface area contributed by atoms with Crippen LogP contribution in [0.2, 0.25) is 0 Å². The van der Waals surface area contributed by atoms with Crippen LogP contribution in [0, 0.1) is 5.92 Å². The first kappa shape index (κ1) is 20.4. The standard InChI is InChI=1S/C22H23N5O4/c1-30-16-10-8-14(9-11-16)20-25-22(31-26-20)27-12-4-5-15(13-27)21(29)24-18-7-3-2-6-17(18)19(23)28/h2-3,6-11,15H,4-5,12-13H2,1H3,(H2,23,28)(H,24,29). The molecule has 1 atom stereocenters. The van der Waals surface area contributed by atoms with Crippen molar-refractivity contribution in [3.8, 4) is 17.1 Å². The van der Waals surface area contributed by atoms with Gasteiger partial charge in [0.2, 0.25) is 11.7 Å². The predicted molar refractivity (Wildman–Crippen MR) is 115 cm³/mol. The summed E-state index contributed by atoms with van der Waals surface area (Å²) in [5, 5.41) is 6.90. The molecule has 2 amide bonds. The van der Waals surface area contributed by atoms with Crippen molar-refractivity contribution in [2.75, 3.05) is 30.4 Å². The van der Waals surface area contributed by atoms with Gasteiger partial charge in [0, 0.05) is 18.7 Å². The SMILES string of the molecule is COc1ccc(-c2noc(N3CCCC(C(=O)Nc4ccccc4C(N)=O)C3)n2)cc1. The Morgan fingerprint density at radius 2 is 1.97 bits per heavy atom. The molecule has 160 valence electrons. The fraction of sp³-hybridized carbons (Fsp3) is 0.273. The van der Waals surface area contributed by atoms with E-state index in [1.54, 1.807) is 31.4 Å². The Kier molecular flexibility index (Phi) is 5.83. The molecule has 31 heavy (non-hydrogen) atoms. The van der Waals surface area contributed by atoms with Crippen molar-refractivity contribution in [3.63, 3.8) is 0 Å². The summed E-state index contributed by atoms with van der Waals surface area (Å²) < 4.78 is 10.6. The van der Waals surface area contributed by atoms with Crippen molar-refractivity contribution < 1.29 is 18.8 Å². The first-order valence-electron chi connectivity index (χ1n) is 9.98. The van der Waals surface area contributed by atoms with Crippen LogP contribution >= 0.6 is 0 Å². The number of nitrogens with one attached hydrogen (secondary N) is 1. The minimum atomic E-state index is -0.585. The molecule has 0 saturated carbocycles. The van der Waals surface area contributed by atoms with Crippen LogP contribution in [0.25, 0.3) is 11.4 Å². The third-order valence-electron chi connectivity index (χ3n) is 5.28. The molecule has 1 fully saturated rings. The smallest absolute Gasteiger partial charge is 0.324 e. The first-order chi connectivity index (χ1) is 15.0. The Morgan fingerprint density at radius 1 is 1.19 bits per heavy atom. The first-order valence-corrected chi connectivity index (χ1v) is 9.98. The number of carbonyl (C=O) groups is 2. The van der Waals surface area contributed by atoms with Crippen molar-refractivity contribution in [1.82, 2.24) is 10.1 Å². The maximum Gasteiger partial charge on any atom is 0.324 e. The largest absolute Gasteiger partial charge is 0.497 e. The van der Waals surface area contributed by atoms with E-state index in [2.05, 4.69) is 15.5 Å². The van der Waals surface area contributed by atoms with E-state index in [-0.39, 0.29) is 17.4 Å². The number of benzene rings is 2. The summed E-state index contributed by atoms with van der Waals surface area (Å²) in [6, 6.07) is 14.4. The lowest BCUT2D eigenvalue weighted by molar-refractivity contribution is -0.120. The minimum absolute atomic E-state index is 0.173. The quantitative estimate of drug-likeness (QED) is 0.627. The van der Waals surface area contributed by atoms with Gasteiger partial charge < -0.3 is 25.2 Å². The van der Waals surface area contributed by atoms with Gasteiger partial charge in [0.1, 0.15) is 5.75 Å². The van der Waals surface area contributed by atoms with E-state index in [1.165, 1.54) is 0 Å². The zero-order valence-electron chi connectivity index (χ0n) is 17.1. The van der Waals surface area contributed by atoms with E-state index in [1.807, 2.05) is 29.2 Å².